The van der Waals surface area contributed by atoms with Crippen molar-refractivity contribution in [3.05, 3.63) is 59.8 Å². The van der Waals surface area contributed by atoms with Crippen molar-refractivity contribution in [2.24, 2.45) is 0 Å². The molecule has 0 unspecified atom stereocenters. The number of methoxy groups -OCH3 is 1. The Morgan fingerprint density at radius 3 is 2.26 bits per heavy atom. The van der Waals surface area contributed by atoms with Gasteiger partial charge in [0.05, 0.1) is 23.8 Å². The predicted octanol–water partition coefficient (Wildman–Crippen LogP) is 6.31. The number of ether oxygens (including phenoxy) is 2. The van der Waals surface area contributed by atoms with E-state index in [1.807, 2.05) is 37.3 Å². The Kier molecular flexibility index (Phi) is 7.98. The SMILES string of the molecule is COc1ccc(C)cc1-c1ncc(S(=O)(=O)c2ccc(C(C)(C)C)cc2)n1COCC[Si](C)(C)C. The summed E-state index contributed by atoms with van der Waals surface area (Å²) in [5, 5.41) is 0.104. The van der Waals surface area contributed by atoms with E-state index < -0.39 is 17.9 Å². The van der Waals surface area contributed by atoms with Crippen LogP contribution in [0, 0.1) is 6.92 Å². The standard InChI is InChI=1S/C27H38N2O4SSi/c1-20-9-14-24(32-5)23(17-20)26-28-18-25(29(26)19-33-15-16-35(6,7)8)34(30,31)22-12-10-21(11-13-22)27(2,3)4/h9-14,17-18H,15-16,19H2,1-8H3. The molecule has 6 nitrogen and oxygen atoms in total. The van der Waals surface area contributed by atoms with E-state index in [4.69, 9.17) is 9.47 Å². The maximum Gasteiger partial charge on any atom is 0.223 e. The lowest BCUT2D eigenvalue weighted by Gasteiger charge is -2.19. The first kappa shape index (κ1) is 27.2. The van der Waals surface area contributed by atoms with Gasteiger partial charge < -0.3 is 9.47 Å². The molecule has 0 aliphatic carbocycles. The lowest BCUT2D eigenvalue weighted by molar-refractivity contribution is 0.0827. The predicted molar refractivity (Wildman–Crippen MR) is 144 cm³/mol. The summed E-state index contributed by atoms with van der Waals surface area (Å²) in [4.78, 5) is 4.78. The van der Waals surface area contributed by atoms with Crippen LogP contribution in [0.25, 0.3) is 11.4 Å². The number of aryl methyl sites for hydroxylation is 1. The Morgan fingerprint density at radius 1 is 1.03 bits per heavy atom. The molecule has 190 valence electrons. The van der Waals surface area contributed by atoms with E-state index in [1.165, 1.54) is 6.20 Å². The molecule has 0 atom stereocenters. The summed E-state index contributed by atoms with van der Waals surface area (Å²) in [5.74, 6) is 1.13. The number of rotatable bonds is 9. The molecule has 35 heavy (non-hydrogen) atoms. The van der Waals surface area contributed by atoms with Crippen molar-refractivity contribution < 1.29 is 17.9 Å². The van der Waals surface area contributed by atoms with Crippen molar-refractivity contribution in [3.63, 3.8) is 0 Å². The number of imidazole rings is 1. The number of benzene rings is 2. The number of nitrogens with zero attached hydrogens (tertiary/aromatic N) is 2. The van der Waals surface area contributed by atoms with E-state index in [1.54, 1.807) is 23.8 Å². The summed E-state index contributed by atoms with van der Waals surface area (Å²) in [6, 6.07) is 13.9. The second kappa shape index (κ2) is 10.3. The van der Waals surface area contributed by atoms with Gasteiger partial charge in [-0.05, 0) is 48.2 Å². The van der Waals surface area contributed by atoms with Gasteiger partial charge in [0.25, 0.3) is 0 Å². The van der Waals surface area contributed by atoms with E-state index in [9.17, 15) is 8.42 Å². The van der Waals surface area contributed by atoms with Gasteiger partial charge in [-0.25, -0.2) is 13.4 Å². The van der Waals surface area contributed by atoms with Gasteiger partial charge in [-0.1, -0.05) is 64.2 Å². The third-order valence-electron chi connectivity index (χ3n) is 5.94. The molecule has 0 N–H and O–H groups in total. The van der Waals surface area contributed by atoms with Crippen LogP contribution in [0.2, 0.25) is 25.7 Å². The van der Waals surface area contributed by atoms with Crippen LogP contribution >= 0.6 is 0 Å². The zero-order valence-electron chi connectivity index (χ0n) is 22.2. The second-order valence-electron chi connectivity index (χ2n) is 11.2. The maximum absolute atomic E-state index is 13.7. The van der Waals surface area contributed by atoms with E-state index in [-0.39, 0.29) is 22.1 Å². The molecule has 0 fully saturated rings. The van der Waals surface area contributed by atoms with Gasteiger partial charge in [-0.2, -0.15) is 0 Å². The zero-order chi connectivity index (χ0) is 26.0. The van der Waals surface area contributed by atoms with Crippen LogP contribution in [0.1, 0.15) is 31.9 Å². The molecule has 8 heteroatoms. The van der Waals surface area contributed by atoms with Crippen molar-refractivity contribution in [1.29, 1.82) is 0 Å². The fourth-order valence-corrected chi connectivity index (χ4v) is 5.81. The normalized spacial score (nSPS) is 12.7. The third kappa shape index (κ3) is 6.42. The lowest BCUT2D eigenvalue weighted by Crippen LogP contribution is -2.22. The molecule has 0 aliphatic heterocycles. The number of sulfone groups is 1. The van der Waals surface area contributed by atoms with Crippen molar-refractivity contribution in [3.8, 4) is 17.1 Å². The summed E-state index contributed by atoms with van der Waals surface area (Å²) in [6.45, 7) is 15.8. The number of aromatic nitrogens is 2. The van der Waals surface area contributed by atoms with Gasteiger partial charge in [0.2, 0.25) is 9.84 Å². The largest absolute Gasteiger partial charge is 0.496 e. The van der Waals surface area contributed by atoms with Gasteiger partial charge in [0, 0.05) is 14.7 Å². The second-order valence-corrected chi connectivity index (χ2v) is 18.7. The van der Waals surface area contributed by atoms with Gasteiger partial charge in [0.1, 0.15) is 18.3 Å². The van der Waals surface area contributed by atoms with Crippen LogP contribution in [0.4, 0.5) is 0 Å². The minimum atomic E-state index is -3.83. The average Bonchev–Trinajstić information content (AvgIpc) is 3.20. The fraction of sp³-hybridized carbons (Fsp3) is 0.444. The van der Waals surface area contributed by atoms with Crippen molar-refractivity contribution >= 4 is 17.9 Å². The molecule has 1 heterocycles. The van der Waals surface area contributed by atoms with Gasteiger partial charge in [-0.3, -0.25) is 4.57 Å². The molecule has 0 spiro atoms. The molecule has 0 radical (unpaired) electrons. The van der Waals surface area contributed by atoms with Crippen LogP contribution in [0.15, 0.2) is 58.6 Å². The molecule has 0 amide bonds. The van der Waals surface area contributed by atoms with E-state index >= 15 is 0 Å². The molecular weight excluding hydrogens is 476 g/mol. The quantitative estimate of drug-likeness (QED) is 0.247. The summed E-state index contributed by atoms with van der Waals surface area (Å²) >= 11 is 0. The smallest absolute Gasteiger partial charge is 0.223 e. The maximum atomic E-state index is 13.7. The van der Waals surface area contributed by atoms with Crippen LogP contribution in [-0.2, 0) is 26.7 Å². The van der Waals surface area contributed by atoms with Crippen molar-refractivity contribution in [1.82, 2.24) is 9.55 Å². The van der Waals surface area contributed by atoms with E-state index in [0.717, 1.165) is 22.7 Å². The summed E-state index contributed by atoms with van der Waals surface area (Å²) in [7, 11) is -3.52. The first-order valence-electron chi connectivity index (χ1n) is 11.9. The minimum Gasteiger partial charge on any atom is -0.496 e. The molecule has 0 bridgehead atoms. The highest BCUT2D eigenvalue weighted by molar-refractivity contribution is 7.91. The van der Waals surface area contributed by atoms with Crippen LogP contribution in [0.5, 0.6) is 5.75 Å². The Morgan fingerprint density at radius 2 is 1.69 bits per heavy atom. The number of hydrogen-bond acceptors (Lipinski definition) is 5. The molecule has 0 saturated carbocycles. The summed E-state index contributed by atoms with van der Waals surface area (Å²) in [5.41, 5.74) is 2.76. The molecule has 2 aromatic carbocycles. The lowest BCUT2D eigenvalue weighted by atomic mass is 9.87. The summed E-state index contributed by atoms with van der Waals surface area (Å²) < 4.78 is 40.7. The highest BCUT2D eigenvalue weighted by Gasteiger charge is 2.27. The first-order chi connectivity index (χ1) is 16.2. The first-order valence-corrected chi connectivity index (χ1v) is 17.1. The molecule has 0 saturated heterocycles. The molecule has 3 rings (SSSR count). The van der Waals surface area contributed by atoms with Crippen LogP contribution in [0.3, 0.4) is 0 Å². The summed E-state index contributed by atoms with van der Waals surface area (Å²) in [6.07, 6.45) is 1.42. The van der Waals surface area contributed by atoms with Crippen LogP contribution < -0.4 is 4.74 Å². The van der Waals surface area contributed by atoms with E-state index in [0.29, 0.717) is 18.2 Å². The third-order valence-corrected chi connectivity index (χ3v) is 9.41. The minimum absolute atomic E-state index is 0.0663. The fourth-order valence-electron chi connectivity index (χ4n) is 3.70. The van der Waals surface area contributed by atoms with Crippen molar-refractivity contribution in [2.45, 2.75) is 75.4 Å². The monoisotopic (exact) mass is 514 g/mol. The van der Waals surface area contributed by atoms with E-state index in [2.05, 4.69) is 45.4 Å². The Bertz CT molecular complexity index is 1270. The Labute approximate surface area is 211 Å². The van der Waals surface area contributed by atoms with Crippen LogP contribution in [-0.4, -0.2) is 39.8 Å². The Hall–Kier alpha value is -2.42. The number of hydrogen-bond donors (Lipinski definition) is 0. The molecule has 1 aromatic heterocycles. The van der Waals surface area contributed by atoms with Gasteiger partial charge >= 0.3 is 0 Å². The van der Waals surface area contributed by atoms with Crippen molar-refractivity contribution in [2.75, 3.05) is 13.7 Å². The molecule has 3 aromatic rings. The zero-order valence-corrected chi connectivity index (χ0v) is 24.0. The van der Waals surface area contributed by atoms with Gasteiger partial charge in [-0.15, -0.1) is 0 Å². The highest BCUT2D eigenvalue weighted by atomic mass is 32.2. The molecular formula is C27H38N2O4SSi. The molecule has 0 aliphatic rings. The topological polar surface area (TPSA) is 70.4 Å². The van der Waals surface area contributed by atoms with Gasteiger partial charge in [0.15, 0.2) is 5.03 Å². The Balaban J connectivity index is 2.08. The average molecular weight is 515 g/mol. The highest BCUT2D eigenvalue weighted by Crippen LogP contribution is 2.34.